The van der Waals surface area contributed by atoms with Crippen LogP contribution in [0.1, 0.15) is 13.3 Å². The monoisotopic (exact) mass is 342 g/mol. The zero-order valence-electron chi connectivity index (χ0n) is 13.9. The molecule has 0 saturated heterocycles. The molecular weight excluding hydrogens is 324 g/mol. The lowest BCUT2D eigenvalue weighted by atomic mass is 10.1. The predicted octanol–water partition coefficient (Wildman–Crippen LogP) is 1.39. The molecule has 1 amide bonds. The Morgan fingerprint density at radius 2 is 2.16 bits per heavy atom. The van der Waals surface area contributed by atoms with Gasteiger partial charge in [0.25, 0.3) is 11.2 Å². The first-order chi connectivity index (χ1) is 11.8. The minimum atomic E-state index is -0.646. The molecule has 0 aliphatic carbocycles. The number of pyridine rings is 1. The van der Waals surface area contributed by atoms with Crippen LogP contribution in [0.4, 0.5) is 11.4 Å². The van der Waals surface area contributed by atoms with Crippen LogP contribution in [-0.2, 0) is 11.8 Å². The van der Waals surface area contributed by atoms with Gasteiger partial charge in [-0.2, -0.15) is 0 Å². The fourth-order valence-corrected chi connectivity index (χ4v) is 2.39. The summed E-state index contributed by atoms with van der Waals surface area (Å²) >= 11 is 0. The van der Waals surface area contributed by atoms with Gasteiger partial charge in [-0.05, 0) is 13.0 Å². The number of nitrogens with zero attached hydrogens (tertiary/aromatic N) is 2. The Bertz CT molecular complexity index is 927. The van der Waals surface area contributed by atoms with Crippen LogP contribution in [0.3, 0.4) is 0 Å². The van der Waals surface area contributed by atoms with E-state index in [9.17, 15) is 19.7 Å². The van der Waals surface area contributed by atoms with Crippen molar-refractivity contribution in [3.8, 4) is 12.3 Å². The molecule has 0 unspecified atom stereocenters. The number of carbonyl (C=O) groups is 1. The van der Waals surface area contributed by atoms with E-state index in [1.165, 1.54) is 28.8 Å². The van der Waals surface area contributed by atoms with Crippen molar-refractivity contribution in [2.24, 2.45) is 7.05 Å². The standard InChI is InChI=1S/C17H18N4O4/c1-4-5-8-18-17(23)11(2)19-14-10-16(22)20(3)15-7-6-12(21(24)25)9-13(14)15/h1,6-7,9-11,19H,5,8H2,2-3H3,(H,18,23)/t11-/m1/s1. The van der Waals surface area contributed by atoms with E-state index >= 15 is 0 Å². The quantitative estimate of drug-likeness (QED) is 0.357. The van der Waals surface area contributed by atoms with Crippen LogP contribution in [0.15, 0.2) is 29.1 Å². The highest BCUT2D eigenvalue weighted by molar-refractivity contribution is 5.95. The summed E-state index contributed by atoms with van der Waals surface area (Å²) in [7, 11) is 1.58. The molecular formula is C17H18N4O4. The molecule has 1 aromatic heterocycles. The highest BCUT2D eigenvalue weighted by Crippen LogP contribution is 2.26. The van der Waals surface area contributed by atoms with Crippen LogP contribution in [0, 0.1) is 22.5 Å². The third-order valence-corrected chi connectivity index (χ3v) is 3.77. The second-order valence-electron chi connectivity index (χ2n) is 5.53. The summed E-state index contributed by atoms with van der Waals surface area (Å²) in [5, 5.41) is 17.1. The Hall–Kier alpha value is -3.34. The summed E-state index contributed by atoms with van der Waals surface area (Å²) in [6.45, 7) is 1.98. The molecule has 1 heterocycles. The molecule has 0 radical (unpaired) electrons. The van der Waals surface area contributed by atoms with Crippen molar-refractivity contribution in [3.63, 3.8) is 0 Å². The Kier molecular flexibility index (Phi) is 5.39. The molecule has 0 bridgehead atoms. The van der Waals surface area contributed by atoms with Gasteiger partial charge in [-0.3, -0.25) is 19.7 Å². The molecule has 1 aromatic carbocycles. The Morgan fingerprint density at radius 3 is 2.80 bits per heavy atom. The Balaban J connectivity index is 2.39. The van der Waals surface area contributed by atoms with Crippen molar-refractivity contribution in [2.75, 3.05) is 11.9 Å². The molecule has 8 heteroatoms. The number of nitro benzene ring substituents is 1. The molecule has 0 aliphatic rings. The second-order valence-corrected chi connectivity index (χ2v) is 5.53. The van der Waals surface area contributed by atoms with Gasteiger partial charge in [0, 0.05) is 49.3 Å². The number of nitrogens with one attached hydrogen (secondary N) is 2. The van der Waals surface area contributed by atoms with Crippen LogP contribution in [0.2, 0.25) is 0 Å². The summed E-state index contributed by atoms with van der Waals surface area (Å²) < 4.78 is 1.39. The number of rotatable bonds is 6. The van der Waals surface area contributed by atoms with Gasteiger partial charge >= 0.3 is 0 Å². The maximum atomic E-state index is 12.1. The number of amides is 1. The number of aryl methyl sites for hydroxylation is 1. The lowest BCUT2D eigenvalue weighted by molar-refractivity contribution is -0.384. The number of hydrogen-bond donors (Lipinski definition) is 2. The highest BCUT2D eigenvalue weighted by Gasteiger charge is 2.16. The number of aromatic nitrogens is 1. The number of nitro groups is 1. The molecule has 2 N–H and O–H groups in total. The van der Waals surface area contributed by atoms with E-state index in [0.717, 1.165) is 0 Å². The predicted molar refractivity (Wildman–Crippen MR) is 95.4 cm³/mol. The number of anilines is 1. The molecule has 0 fully saturated rings. The fourth-order valence-electron chi connectivity index (χ4n) is 2.39. The van der Waals surface area contributed by atoms with Crippen molar-refractivity contribution in [1.82, 2.24) is 9.88 Å². The number of carbonyl (C=O) groups excluding carboxylic acids is 1. The largest absolute Gasteiger partial charge is 0.373 e. The molecule has 25 heavy (non-hydrogen) atoms. The molecule has 2 aromatic rings. The normalized spacial score (nSPS) is 11.6. The molecule has 0 saturated carbocycles. The lowest BCUT2D eigenvalue weighted by Crippen LogP contribution is -2.38. The maximum Gasteiger partial charge on any atom is 0.270 e. The summed E-state index contributed by atoms with van der Waals surface area (Å²) in [4.78, 5) is 34.7. The molecule has 0 spiro atoms. The van der Waals surface area contributed by atoms with Crippen LogP contribution >= 0.6 is 0 Å². The minimum Gasteiger partial charge on any atom is -0.373 e. The van der Waals surface area contributed by atoms with E-state index in [0.29, 0.717) is 29.6 Å². The van der Waals surface area contributed by atoms with E-state index in [2.05, 4.69) is 16.6 Å². The zero-order valence-corrected chi connectivity index (χ0v) is 13.9. The van der Waals surface area contributed by atoms with Crippen LogP contribution < -0.4 is 16.2 Å². The van der Waals surface area contributed by atoms with Gasteiger partial charge in [0.1, 0.15) is 6.04 Å². The summed E-state index contributed by atoms with van der Waals surface area (Å²) in [6.07, 6.45) is 5.55. The number of benzene rings is 1. The van der Waals surface area contributed by atoms with E-state index in [1.807, 2.05) is 0 Å². The maximum absolute atomic E-state index is 12.1. The van der Waals surface area contributed by atoms with E-state index in [1.54, 1.807) is 14.0 Å². The van der Waals surface area contributed by atoms with Crippen molar-refractivity contribution in [1.29, 1.82) is 0 Å². The zero-order chi connectivity index (χ0) is 18.6. The van der Waals surface area contributed by atoms with Gasteiger partial charge in [0.15, 0.2) is 0 Å². The first-order valence-electron chi connectivity index (χ1n) is 7.61. The first kappa shape index (κ1) is 18.0. The van der Waals surface area contributed by atoms with Crippen molar-refractivity contribution in [2.45, 2.75) is 19.4 Å². The Labute approximate surface area is 144 Å². The fraction of sp³-hybridized carbons (Fsp3) is 0.294. The molecule has 130 valence electrons. The summed E-state index contributed by atoms with van der Waals surface area (Å²) in [6, 6.07) is 4.89. The molecule has 0 aliphatic heterocycles. The van der Waals surface area contributed by atoms with Crippen molar-refractivity contribution in [3.05, 3.63) is 44.7 Å². The third kappa shape index (κ3) is 3.95. The summed E-state index contributed by atoms with van der Waals surface area (Å²) in [5.74, 6) is 2.14. The van der Waals surface area contributed by atoms with E-state index < -0.39 is 11.0 Å². The van der Waals surface area contributed by atoms with Crippen molar-refractivity contribution < 1.29 is 9.72 Å². The number of terminal acetylenes is 1. The van der Waals surface area contributed by atoms with E-state index in [-0.39, 0.29) is 17.2 Å². The number of non-ortho nitro benzene ring substituents is 1. The molecule has 1 atom stereocenters. The van der Waals surface area contributed by atoms with Gasteiger partial charge in [0.05, 0.1) is 10.4 Å². The van der Waals surface area contributed by atoms with Gasteiger partial charge in [-0.25, -0.2) is 0 Å². The van der Waals surface area contributed by atoms with Crippen LogP contribution in [0.25, 0.3) is 10.9 Å². The molecule has 2 rings (SSSR count). The molecule has 8 nitrogen and oxygen atoms in total. The smallest absolute Gasteiger partial charge is 0.270 e. The highest BCUT2D eigenvalue weighted by atomic mass is 16.6. The van der Waals surface area contributed by atoms with E-state index in [4.69, 9.17) is 6.42 Å². The van der Waals surface area contributed by atoms with Gasteiger partial charge in [-0.1, -0.05) is 0 Å². The van der Waals surface area contributed by atoms with Crippen LogP contribution in [0.5, 0.6) is 0 Å². The van der Waals surface area contributed by atoms with Crippen molar-refractivity contribution >= 4 is 28.2 Å². The number of fused-ring (bicyclic) bond motifs is 1. The average Bonchev–Trinajstić information content (AvgIpc) is 2.58. The van der Waals surface area contributed by atoms with Gasteiger partial charge in [0.2, 0.25) is 5.91 Å². The first-order valence-corrected chi connectivity index (χ1v) is 7.61. The van der Waals surface area contributed by atoms with Crippen LogP contribution in [-0.4, -0.2) is 28.0 Å². The van der Waals surface area contributed by atoms with Gasteiger partial charge < -0.3 is 15.2 Å². The number of hydrogen-bond acceptors (Lipinski definition) is 5. The summed E-state index contributed by atoms with van der Waals surface area (Å²) in [5.41, 5.74) is 0.506. The third-order valence-electron chi connectivity index (χ3n) is 3.77. The Morgan fingerprint density at radius 1 is 1.44 bits per heavy atom. The topological polar surface area (TPSA) is 106 Å². The lowest BCUT2D eigenvalue weighted by Gasteiger charge is -2.17. The second kappa shape index (κ2) is 7.49. The van der Waals surface area contributed by atoms with Gasteiger partial charge in [-0.15, -0.1) is 12.3 Å². The SMILES string of the molecule is C#CCCNC(=O)[C@@H](C)Nc1cc(=O)n(C)c2ccc([N+](=O)[O-])cc12. The minimum absolute atomic E-state index is 0.0969. The average molecular weight is 342 g/mol.